The summed E-state index contributed by atoms with van der Waals surface area (Å²) in [6.45, 7) is 1.74. The molecular formula is C12H9F3N4S. The van der Waals surface area contributed by atoms with Gasteiger partial charge in [0.2, 0.25) is 0 Å². The molecule has 8 heteroatoms. The zero-order valence-electron chi connectivity index (χ0n) is 10.3. The molecule has 2 heterocycles. The summed E-state index contributed by atoms with van der Waals surface area (Å²) in [5.74, 6) is -0.0926. The molecule has 20 heavy (non-hydrogen) atoms. The van der Waals surface area contributed by atoms with Crippen LogP contribution in [0.3, 0.4) is 0 Å². The van der Waals surface area contributed by atoms with E-state index >= 15 is 0 Å². The average Bonchev–Trinajstić information content (AvgIpc) is 2.91. The normalized spacial score (nSPS) is 12.8. The van der Waals surface area contributed by atoms with Gasteiger partial charge in [0.25, 0.3) is 0 Å². The number of rotatable bonds is 3. The van der Waals surface area contributed by atoms with E-state index in [4.69, 9.17) is 5.26 Å². The zero-order valence-corrected chi connectivity index (χ0v) is 11.1. The predicted octanol–water partition coefficient (Wildman–Crippen LogP) is 3.60. The molecule has 2 rings (SSSR count). The smallest absolute Gasteiger partial charge is 0.360 e. The fourth-order valence-corrected chi connectivity index (χ4v) is 2.18. The Morgan fingerprint density at radius 2 is 2.15 bits per heavy atom. The van der Waals surface area contributed by atoms with Gasteiger partial charge in [0.05, 0.1) is 11.6 Å². The molecule has 0 aromatic carbocycles. The van der Waals surface area contributed by atoms with Gasteiger partial charge in [-0.3, -0.25) is 0 Å². The summed E-state index contributed by atoms with van der Waals surface area (Å²) < 4.78 is 37.9. The second-order valence-corrected chi connectivity index (χ2v) is 4.86. The Morgan fingerprint density at radius 3 is 2.70 bits per heavy atom. The van der Waals surface area contributed by atoms with Crippen molar-refractivity contribution in [2.24, 2.45) is 0 Å². The summed E-state index contributed by atoms with van der Waals surface area (Å²) in [7, 11) is 0. The fraction of sp³-hybridized carbons (Fsp3) is 0.250. The van der Waals surface area contributed by atoms with E-state index in [0.29, 0.717) is 5.01 Å². The van der Waals surface area contributed by atoms with Gasteiger partial charge >= 0.3 is 6.18 Å². The van der Waals surface area contributed by atoms with E-state index in [1.807, 2.05) is 6.07 Å². The maximum Gasteiger partial charge on any atom is 0.433 e. The molecule has 1 unspecified atom stereocenters. The number of halogens is 3. The van der Waals surface area contributed by atoms with E-state index in [2.05, 4.69) is 15.3 Å². The second-order valence-electron chi connectivity index (χ2n) is 3.94. The number of nitriles is 1. The van der Waals surface area contributed by atoms with Gasteiger partial charge in [0.1, 0.15) is 22.6 Å². The van der Waals surface area contributed by atoms with Gasteiger partial charge in [-0.1, -0.05) is 0 Å². The third-order valence-corrected chi connectivity index (χ3v) is 3.44. The van der Waals surface area contributed by atoms with Crippen molar-refractivity contribution < 1.29 is 13.2 Å². The van der Waals surface area contributed by atoms with Crippen molar-refractivity contribution >= 4 is 17.2 Å². The molecule has 0 aliphatic rings. The number of alkyl halides is 3. The van der Waals surface area contributed by atoms with Gasteiger partial charge in [0, 0.05) is 11.6 Å². The lowest BCUT2D eigenvalue weighted by Crippen LogP contribution is -2.13. The van der Waals surface area contributed by atoms with Gasteiger partial charge in [-0.05, 0) is 19.1 Å². The first-order valence-corrected chi connectivity index (χ1v) is 6.44. The molecule has 0 spiro atoms. The zero-order chi connectivity index (χ0) is 14.8. The summed E-state index contributed by atoms with van der Waals surface area (Å²) in [6.07, 6.45) is -2.95. The molecule has 0 saturated heterocycles. The van der Waals surface area contributed by atoms with Gasteiger partial charge in [-0.15, -0.1) is 11.3 Å². The van der Waals surface area contributed by atoms with Crippen LogP contribution in [0.4, 0.5) is 19.0 Å². The minimum Gasteiger partial charge on any atom is -0.360 e. The summed E-state index contributed by atoms with van der Waals surface area (Å²) in [4.78, 5) is 7.55. The van der Waals surface area contributed by atoms with E-state index in [9.17, 15) is 13.2 Å². The maximum absolute atomic E-state index is 12.6. The first-order chi connectivity index (χ1) is 9.41. The molecule has 2 aromatic heterocycles. The Bertz CT molecular complexity index is 631. The molecular weight excluding hydrogens is 289 g/mol. The standard InChI is InChI=1S/C12H9F3N4S/c1-7(11-17-4-5-20-11)18-10-8(6-16)2-3-9(19-10)12(13,14)15/h2-5,7H,1H3,(H,18,19). The number of hydrogen-bond donors (Lipinski definition) is 1. The monoisotopic (exact) mass is 298 g/mol. The summed E-state index contributed by atoms with van der Waals surface area (Å²) in [5, 5.41) is 14.2. The van der Waals surface area contributed by atoms with Crippen LogP contribution in [0.2, 0.25) is 0 Å². The Kier molecular flexibility index (Phi) is 3.90. The predicted molar refractivity (Wildman–Crippen MR) is 68.1 cm³/mol. The fourth-order valence-electron chi connectivity index (χ4n) is 1.53. The molecule has 0 amide bonds. The Hall–Kier alpha value is -2.14. The average molecular weight is 298 g/mol. The number of thiazole rings is 1. The molecule has 104 valence electrons. The number of nitrogens with zero attached hydrogens (tertiary/aromatic N) is 3. The topological polar surface area (TPSA) is 61.6 Å². The number of nitrogens with one attached hydrogen (secondary N) is 1. The van der Waals surface area contributed by atoms with Crippen LogP contribution in [-0.2, 0) is 6.18 Å². The van der Waals surface area contributed by atoms with Crippen molar-refractivity contribution in [1.29, 1.82) is 5.26 Å². The molecule has 1 N–H and O–H groups in total. The largest absolute Gasteiger partial charge is 0.433 e. The molecule has 0 aliphatic heterocycles. The second kappa shape index (κ2) is 5.46. The molecule has 0 fully saturated rings. The van der Waals surface area contributed by atoms with Crippen molar-refractivity contribution in [2.75, 3.05) is 5.32 Å². The van der Waals surface area contributed by atoms with Crippen LogP contribution in [0.1, 0.15) is 29.2 Å². The van der Waals surface area contributed by atoms with Crippen molar-refractivity contribution in [2.45, 2.75) is 19.1 Å². The van der Waals surface area contributed by atoms with Crippen molar-refractivity contribution in [3.05, 3.63) is 40.0 Å². The molecule has 0 bridgehead atoms. The first kappa shape index (κ1) is 14.3. The minimum absolute atomic E-state index is 0.0569. The van der Waals surface area contributed by atoms with Gasteiger partial charge < -0.3 is 5.32 Å². The van der Waals surface area contributed by atoms with E-state index in [0.717, 1.165) is 12.1 Å². The molecule has 0 saturated carbocycles. The minimum atomic E-state index is -4.55. The highest BCUT2D eigenvalue weighted by Gasteiger charge is 2.33. The highest BCUT2D eigenvalue weighted by molar-refractivity contribution is 7.09. The highest BCUT2D eigenvalue weighted by Crippen LogP contribution is 2.30. The van der Waals surface area contributed by atoms with Crippen LogP contribution in [0, 0.1) is 11.3 Å². The third kappa shape index (κ3) is 3.05. The highest BCUT2D eigenvalue weighted by atomic mass is 32.1. The van der Waals surface area contributed by atoms with E-state index < -0.39 is 11.9 Å². The molecule has 0 aliphatic carbocycles. The quantitative estimate of drug-likeness (QED) is 0.940. The summed E-state index contributed by atoms with van der Waals surface area (Å²) >= 11 is 1.37. The Balaban J connectivity index is 2.32. The molecule has 4 nitrogen and oxygen atoms in total. The van der Waals surface area contributed by atoms with Crippen LogP contribution < -0.4 is 5.32 Å². The van der Waals surface area contributed by atoms with Gasteiger partial charge in [0.15, 0.2) is 0 Å². The lowest BCUT2D eigenvalue weighted by Gasteiger charge is -2.14. The Labute approximate surface area is 116 Å². The SMILES string of the molecule is CC(Nc1nc(C(F)(F)F)ccc1C#N)c1nccs1. The lowest BCUT2D eigenvalue weighted by molar-refractivity contribution is -0.141. The van der Waals surface area contributed by atoms with Gasteiger partial charge in [-0.25, -0.2) is 9.97 Å². The van der Waals surface area contributed by atoms with Gasteiger partial charge in [-0.2, -0.15) is 18.4 Å². The van der Waals surface area contributed by atoms with Crippen molar-refractivity contribution in [1.82, 2.24) is 9.97 Å². The van der Waals surface area contributed by atoms with E-state index in [1.54, 1.807) is 18.5 Å². The Morgan fingerprint density at radius 1 is 1.40 bits per heavy atom. The summed E-state index contributed by atoms with van der Waals surface area (Å²) in [5.41, 5.74) is -0.980. The van der Waals surface area contributed by atoms with E-state index in [-0.39, 0.29) is 17.4 Å². The molecule has 1 atom stereocenters. The van der Waals surface area contributed by atoms with E-state index in [1.165, 1.54) is 11.3 Å². The number of anilines is 1. The van der Waals surface area contributed by atoms with Crippen LogP contribution >= 0.6 is 11.3 Å². The molecule has 2 aromatic rings. The number of pyridine rings is 1. The van der Waals surface area contributed by atoms with Crippen LogP contribution in [-0.4, -0.2) is 9.97 Å². The third-order valence-electron chi connectivity index (χ3n) is 2.48. The van der Waals surface area contributed by atoms with Crippen LogP contribution in [0.25, 0.3) is 0 Å². The van der Waals surface area contributed by atoms with Crippen LogP contribution in [0.15, 0.2) is 23.7 Å². The molecule has 0 radical (unpaired) electrons. The maximum atomic E-state index is 12.6. The number of hydrogen-bond acceptors (Lipinski definition) is 5. The first-order valence-electron chi connectivity index (χ1n) is 5.56. The van der Waals surface area contributed by atoms with Crippen molar-refractivity contribution in [3.63, 3.8) is 0 Å². The summed E-state index contributed by atoms with van der Waals surface area (Å²) in [6, 6.07) is 3.37. The van der Waals surface area contributed by atoms with Crippen molar-refractivity contribution in [3.8, 4) is 6.07 Å². The number of aromatic nitrogens is 2. The lowest BCUT2D eigenvalue weighted by atomic mass is 10.2. The van der Waals surface area contributed by atoms with Crippen LogP contribution in [0.5, 0.6) is 0 Å².